The summed E-state index contributed by atoms with van der Waals surface area (Å²) in [7, 11) is 0. The van der Waals surface area contributed by atoms with Crippen LogP contribution in [0.15, 0.2) is 65.8 Å². The van der Waals surface area contributed by atoms with Gasteiger partial charge in [-0.15, -0.1) is 0 Å². The Balaban J connectivity index is 1.46. The van der Waals surface area contributed by atoms with Gasteiger partial charge in [0.1, 0.15) is 54.1 Å². The van der Waals surface area contributed by atoms with Crippen LogP contribution in [0.4, 0.5) is 0 Å². The van der Waals surface area contributed by atoms with E-state index < -0.39 is 126 Å². The number of aromatic nitrogens is 1. The average Bonchev–Trinajstić information content (AvgIpc) is 1.64. The molecule has 112 heavy (non-hydrogen) atoms. The number of guanidine groups is 1. The number of H-pyrrole nitrogens is 1. The van der Waals surface area contributed by atoms with Crippen molar-refractivity contribution in [2.45, 2.75) is 268 Å². The number of rotatable bonds is 46. The molecular formula is C79H127N17O16. The maximum Gasteiger partial charge on any atom is 0.245 e. The first-order chi connectivity index (χ1) is 53.9. The number of primary amides is 2. The van der Waals surface area contributed by atoms with Crippen LogP contribution in [0, 0.1) is 0 Å². The number of unbranched alkanes of at least 4 members (excludes halogenated alkanes) is 11. The van der Waals surface area contributed by atoms with Crippen LogP contribution >= 0.6 is 0 Å². The third-order valence-electron chi connectivity index (χ3n) is 19.1. The van der Waals surface area contributed by atoms with Gasteiger partial charge in [0.05, 0.1) is 32.5 Å². The van der Waals surface area contributed by atoms with Crippen LogP contribution in [0.5, 0.6) is 0 Å². The molecule has 33 nitrogen and oxygen atoms in total. The smallest absolute Gasteiger partial charge is 0.245 e. The maximum atomic E-state index is 14.9. The Hall–Kier alpha value is -9.60. The zero-order valence-electron chi connectivity index (χ0n) is 65.9. The second-order valence-electron chi connectivity index (χ2n) is 28.6. The number of carbonyl (C=O) groups is 13. The van der Waals surface area contributed by atoms with Crippen LogP contribution in [0.25, 0.3) is 10.9 Å². The Labute approximate surface area is 658 Å². The molecule has 1 aromatic heterocycles. The number of hydrogen-bond acceptors (Lipinski definition) is 18. The van der Waals surface area contributed by atoms with E-state index in [0.717, 1.165) is 30.2 Å². The van der Waals surface area contributed by atoms with Crippen LogP contribution in [0.3, 0.4) is 0 Å². The number of benzene rings is 2. The van der Waals surface area contributed by atoms with Gasteiger partial charge in [0.15, 0.2) is 5.96 Å². The standard InChI is InChI=1S/C79H127N17O16/c1-4-6-8-9-10-11-12-13-14-15-19-33-67(100)85-44-46-111-48-49-112-47-45-86-68(101)34-24-35-69(102)96-70(53(3)97)78(110)93-60(29-7-5-2)72(104)91-62-37-36-56(98)40-43-84-41-23-22-31-59(71(81)103)89-77(109)65(51-55-52-88-58-30-21-20-28-57(55)58)95-73(105)61(32-25-42-87-79(82)83)90-76(108)64(50-54-26-17-16-18-27-54)94-75(107)63(92-74(62)106)38-39-66(80)99/h16-18,20-21,26-28,30,52-53,59-65,70,84,88,97H,4-15,19,22-25,29,31-51H2,1-3H3,(H2,80,99)(H2,81,103)(H,85,100)(H,86,101)(H,89,109)(H,90,108)(H,91,104)(H,92,106)(H,93,110)(H,94,107)(H,95,105)(H,96,102)(H4,82,83,87)/t53-,59+,60+,61+,62+,63+,64-,65+,70+/m1/s1. The van der Waals surface area contributed by atoms with Crippen molar-refractivity contribution in [2.75, 3.05) is 59.2 Å². The lowest BCUT2D eigenvalue weighted by atomic mass is 10.0. The molecule has 0 bridgehead atoms. The Morgan fingerprint density at radius 1 is 0.554 bits per heavy atom. The van der Waals surface area contributed by atoms with E-state index in [1.165, 1.54) is 58.3 Å². The normalized spacial score (nSPS) is 18.9. The van der Waals surface area contributed by atoms with E-state index in [0.29, 0.717) is 69.5 Å². The second kappa shape index (κ2) is 55.8. The first kappa shape index (κ1) is 94.8. The number of aromatic amines is 1. The SMILES string of the molecule is CCCCCCCCCCCCCC(=O)NCCOCCOCCNC(=O)CCCC(=O)N[C@H](C(=O)N[C@@H](CCCC)C(=O)N[C@H]1CCC(=O)CCNCCCC[C@@H](C(N)=O)NC(=O)[C@H](Cc2c[nH]c3ccccc23)NC(=O)[C@H](CCCN=C(N)N)NC(=O)[C@@H](Cc2ccccc2)NC(=O)[C@H](CCC(N)=O)NC1=O)[C@@H](C)O. The van der Waals surface area contributed by atoms with E-state index in [-0.39, 0.29) is 133 Å². The monoisotopic (exact) mass is 1570 g/mol. The highest BCUT2D eigenvalue weighted by Crippen LogP contribution is 2.21. The Morgan fingerprint density at radius 2 is 1.12 bits per heavy atom. The number of nitrogens with one attached hydrogen (secondary N) is 12. The highest BCUT2D eigenvalue weighted by Gasteiger charge is 2.36. The summed E-state index contributed by atoms with van der Waals surface area (Å²) in [5, 5.41) is 41.6. The zero-order valence-corrected chi connectivity index (χ0v) is 65.9. The van der Waals surface area contributed by atoms with Crippen molar-refractivity contribution < 1.29 is 76.9 Å². The van der Waals surface area contributed by atoms with E-state index in [1.54, 1.807) is 42.6 Å². The molecule has 9 atom stereocenters. The number of ether oxygens (including phenoxy) is 2. The summed E-state index contributed by atoms with van der Waals surface area (Å²) < 4.78 is 11.1. The Morgan fingerprint density at radius 3 is 1.74 bits per heavy atom. The van der Waals surface area contributed by atoms with E-state index in [4.69, 9.17) is 32.4 Å². The molecule has 21 N–H and O–H groups in total. The number of Topliss-reactive ketones (excluding diaryl/α,β-unsaturated/α-hetero) is 1. The largest absolute Gasteiger partial charge is 0.391 e. The fourth-order valence-electron chi connectivity index (χ4n) is 12.7. The number of hydrogen-bond donors (Lipinski definition) is 17. The lowest BCUT2D eigenvalue weighted by Crippen LogP contribution is -2.61. The van der Waals surface area contributed by atoms with Gasteiger partial charge < -0.3 is 101 Å². The first-order valence-electron chi connectivity index (χ1n) is 40.1. The summed E-state index contributed by atoms with van der Waals surface area (Å²) in [5.74, 6) is -9.81. The first-order valence-corrected chi connectivity index (χ1v) is 40.1. The van der Waals surface area contributed by atoms with Gasteiger partial charge in [-0.1, -0.05) is 139 Å². The number of amides is 12. The number of ketones is 1. The van der Waals surface area contributed by atoms with Gasteiger partial charge in [0.2, 0.25) is 70.9 Å². The van der Waals surface area contributed by atoms with Crippen molar-refractivity contribution in [3.63, 3.8) is 0 Å². The minimum atomic E-state index is -1.67. The summed E-state index contributed by atoms with van der Waals surface area (Å²) in [4.78, 5) is 187. The number of carbonyl (C=O) groups excluding carboxylic acids is 13. The van der Waals surface area contributed by atoms with Crippen molar-refractivity contribution >= 4 is 93.5 Å². The van der Waals surface area contributed by atoms with E-state index >= 15 is 0 Å². The topological polar surface area (TPSA) is 525 Å². The molecule has 33 heteroatoms. The van der Waals surface area contributed by atoms with Gasteiger partial charge in [-0.2, -0.15) is 0 Å². The van der Waals surface area contributed by atoms with Gasteiger partial charge in [0.25, 0.3) is 0 Å². The predicted molar refractivity (Wildman–Crippen MR) is 424 cm³/mol. The summed E-state index contributed by atoms with van der Waals surface area (Å²) in [6.45, 7) is 7.49. The lowest BCUT2D eigenvalue weighted by Gasteiger charge is -2.28. The van der Waals surface area contributed by atoms with Gasteiger partial charge in [-0.3, -0.25) is 67.3 Å². The summed E-state index contributed by atoms with van der Waals surface area (Å²) in [6.07, 6.45) is 13.6. The fourth-order valence-corrected chi connectivity index (χ4v) is 12.7. The van der Waals surface area contributed by atoms with Crippen LogP contribution < -0.4 is 81.4 Å². The summed E-state index contributed by atoms with van der Waals surface area (Å²) >= 11 is 0. The molecule has 624 valence electrons. The molecule has 0 unspecified atom stereocenters. The number of aliphatic hydroxyl groups is 1. The lowest BCUT2D eigenvalue weighted by molar-refractivity contribution is -0.136. The Kier molecular flexibility index (Phi) is 47.2. The van der Waals surface area contributed by atoms with Crippen molar-refractivity contribution in [2.24, 2.45) is 27.9 Å². The quantitative estimate of drug-likeness (QED) is 0.0218. The van der Waals surface area contributed by atoms with Crippen molar-refractivity contribution in [3.8, 4) is 0 Å². The molecule has 4 rings (SSSR count). The van der Waals surface area contributed by atoms with Crippen molar-refractivity contribution in [3.05, 3.63) is 71.9 Å². The molecule has 3 aromatic rings. The minimum Gasteiger partial charge on any atom is -0.391 e. The number of nitrogens with two attached hydrogens (primary N) is 4. The average molecular weight is 1570 g/mol. The minimum absolute atomic E-state index is 0.00364. The van der Waals surface area contributed by atoms with Gasteiger partial charge >= 0.3 is 0 Å². The molecule has 1 saturated heterocycles. The van der Waals surface area contributed by atoms with Crippen LogP contribution in [0.1, 0.15) is 212 Å². The zero-order chi connectivity index (χ0) is 81.8. The molecule has 2 aromatic carbocycles. The number of aliphatic imine (C=N–C) groups is 1. The predicted octanol–water partition coefficient (Wildman–Crippen LogP) is 1.86. The van der Waals surface area contributed by atoms with Crippen molar-refractivity contribution in [1.82, 2.24) is 63.5 Å². The third-order valence-corrected chi connectivity index (χ3v) is 19.1. The molecule has 2 heterocycles. The van der Waals surface area contributed by atoms with Crippen molar-refractivity contribution in [1.29, 1.82) is 0 Å². The molecule has 0 radical (unpaired) electrons. The number of para-hydroxylation sites is 1. The van der Waals surface area contributed by atoms with Gasteiger partial charge in [-0.25, -0.2) is 0 Å². The van der Waals surface area contributed by atoms with Crippen LogP contribution in [0.2, 0.25) is 0 Å². The third kappa shape index (κ3) is 40.0. The van der Waals surface area contributed by atoms with E-state index in [2.05, 4.69) is 75.4 Å². The van der Waals surface area contributed by atoms with Gasteiger partial charge in [-0.05, 0) is 94.9 Å². The molecule has 1 fully saturated rings. The number of nitrogens with zero attached hydrogens (tertiary/aromatic N) is 1. The molecule has 1 aliphatic rings. The summed E-state index contributed by atoms with van der Waals surface area (Å²) in [6, 6.07) is 3.88. The molecule has 1 aliphatic heterocycles. The maximum absolute atomic E-state index is 14.9. The summed E-state index contributed by atoms with van der Waals surface area (Å²) in [5.41, 5.74) is 24.6. The van der Waals surface area contributed by atoms with E-state index in [1.807, 2.05) is 25.1 Å². The molecule has 0 spiro atoms. The molecule has 0 saturated carbocycles. The van der Waals surface area contributed by atoms with Crippen LogP contribution in [-0.2, 0) is 84.6 Å². The second-order valence-corrected chi connectivity index (χ2v) is 28.6. The highest BCUT2D eigenvalue weighted by molar-refractivity contribution is 5.99. The molecule has 0 aliphatic carbocycles. The van der Waals surface area contributed by atoms with E-state index in [9.17, 15) is 67.4 Å². The molecule has 12 amide bonds. The molecular weight excluding hydrogens is 1440 g/mol. The van der Waals surface area contributed by atoms with Gasteiger partial charge in [0, 0.05) is 94.6 Å². The van der Waals surface area contributed by atoms with Crippen LogP contribution in [-0.4, -0.2) is 206 Å². The Bertz CT molecular complexity index is 3430. The fraction of sp³-hybridized carbons (Fsp3) is 0.646. The highest BCUT2D eigenvalue weighted by atomic mass is 16.5. The number of aliphatic hydroxyl groups excluding tert-OH is 1. The number of fused-ring (bicyclic) bond motifs is 1.